The predicted octanol–water partition coefficient (Wildman–Crippen LogP) is 3.77. The largest absolute Gasteiger partial charge is 0.573 e. The molecule has 2 atom stereocenters. The minimum absolute atomic E-state index is 0.0241. The highest BCUT2D eigenvalue weighted by atomic mass is 19.4. The van der Waals surface area contributed by atoms with E-state index in [4.69, 9.17) is 9.47 Å². The fourth-order valence-electron chi connectivity index (χ4n) is 3.36. The molecule has 0 saturated carbocycles. The van der Waals surface area contributed by atoms with Gasteiger partial charge in [-0.25, -0.2) is 9.18 Å². The molecule has 1 fully saturated rings. The van der Waals surface area contributed by atoms with Crippen molar-refractivity contribution in [3.05, 3.63) is 29.6 Å². The first-order valence-electron chi connectivity index (χ1n) is 9.13. The Bertz CT molecular complexity index is 798. The molecule has 1 aromatic rings. The van der Waals surface area contributed by atoms with Gasteiger partial charge in [-0.3, -0.25) is 9.59 Å². The fraction of sp³-hybridized carbons (Fsp3) is 0.526. The average molecular weight is 435 g/mol. The lowest BCUT2D eigenvalue weighted by molar-refractivity contribution is -0.274. The van der Waals surface area contributed by atoms with E-state index in [0.717, 1.165) is 19.2 Å². The second kappa shape index (κ2) is 9.77. The van der Waals surface area contributed by atoms with Crippen LogP contribution < -0.4 is 4.74 Å². The number of likely N-dealkylation sites (tertiary alicyclic amines) is 1. The van der Waals surface area contributed by atoms with Crippen LogP contribution in [0.1, 0.15) is 37.8 Å². The molecule has 0 bridgehead atoms. The highest BCUT2D eigenvalue weighted by Gasteiger charge is 2.38. The number of rotatable bonds is 6. The van der Waals surface area contributed by atoms with Gasteiger partial charge in [0.25, 0.3) is 0 Å². The molecule has 2 rings (SSSR count). The summed E-state index contributed by atoms with van der Waals surface area (Å²) >= 11 is 0. The Balaban J connectivity index is 2.26. The smallest absolute Gasteiger partial charge is 0.466 e. The lowest BCUT2D eigenvalue weighted by atomic mass is 9.83. The third kappa shape index (κ3) is 6.07. The second-order valence-corrected chi connectivity index (χ2v) is 6.58. The summed E-state index contributed by atoms with van der Waals surface area (Å²) in [6, 6.07) is 1.57. The number of carbonyl (C=O) groups excluding carboxylic acids is 3. The lowest BCUT2D eigenvalue weighted by Crippen LogP contribution is -2.43. The number of Topliss-reactive ketones (excluding diaryl/α,β-unsaturated/α-hetero) is 1. The monoisotopic (exact) mass is 435 g/mol. The number of alkyl halides is 3. The van der Waals surface area contributed by atoms with Crippen molar-refractivity contribution in [2.24, 2.45) is 5.92 Å². The van der Waals surface area contributed by atoms with Gasteiger partial charge in [0.15, 0.2) is 0 Å². The summed E-state index contributed by atoms with van der Waals surface area (Å²) in [4.78, 5) is 37.3. The summed E-state index contributed by atoms with van der Waals surface area (Å²) in [5.74, 6) is -3.55. The van der Waals surface area contributed by atoms with E-state index < -0.39 is 54.2 Å². The molecule has 1 aromatic carbocycles. The maximum absolute atomic E-state index is 14.6. The summed E-state index contributed by atoms with van der Waals surface area (Å²) in [5.41, 5.74) is -0.0939. The number of piperidine rings is 1. The van der Waals surface area contributed by atoms with Crippen LogP contribution in [0.3, 0.4) is 0 Å². The van der Waals surface area contributed by atoms with Gasteiger partial charge < -0.3 is 19.1 Å². The van der Waals surface area contributed by atoms with Crippen LogP contribution in [-0.2, 0) is 19.1 Å². The minimum atomic E-state index is -4.98. The molecule has 166 valence electrons. The van der Waals surface area contributed by atoms with Gasteiger partial charge in [0.05, 0.1) is 19.8 Å². The molecule has 0 aromatic heterocycles. The van der Waals surface area contributed by atoms with E-state index in [1.165, 1.54) is 4.90 Å². The van der Waals surface area contributed by atoms with Gasteiger partial charge in [0, 0.05) is 24.1 Å². The molecule has 0 unspecified atom stereocenters. The van der Waals surface area contributed by atoms with Gasteiger partial charge in [-0.05, 0) is 25.8 Å². The van der Waals surface area contributed by atoms with Crippen molar-refractivity contribution in [3.63, 3.8) is 0 Å². The van der Waals surface area contributed by atoms with Crippen molar-refractivity contribution in [2.75, 3.05) is 20.3 Å². The number of halogens is 4. The molecule has 0 N–H and O–H groups in total. The number of hydrogen-bond acceptors (Lipinski definition) is 6. The molecule has 30 heavy (non-hydrogen) atoms. The highest BCUT2D eigenvalue weighted by Crippen LogP contribution is 2.38. The van der Waals surface area contributed by atoms with Crippen molar-refractivity contribution in [2.45, 2.75) is 38.6 Å². The van der Waals surface area contributed by atoms with Crippen LogP contribution in [0.5, 0.6) is 5.75 Å². The first-order valence-corrected chi connectivity index (χ1v) is 9.13. The molecule has 1 aliphatic rings. The molecular weight excluding hydrogens is 414 g/mol. The van der Waals surface area contributed by atoms with E-state index in [2.05, 4.69) is 4.74 Å². The highest BCUT2D eigenvalue weighted by molar-refractivity contribution is 5.97. The molecule has 11 heteroatoms. The van der Waals surface area contributed by atoms with E-state index >= 15 is 0 Å². The molecule has 0 aliphatic carbocycles. The van der Waals surface area contributed by atoms with E-state index in [9.17, 15) is 31.9 Å². The third-order valence-electron chi connectivity index (χ3n) is 4.66. The SMILES string of the molecule is CCOC(=O)CC(=O)[C@@H]1CCN(C(=O)OC)[C@@H](c2ccc(OC(F)(F)F)cc2F)C1. The van der Waals surface area contributed by atoms with Crippen LogP contribution >= 0.6 is 0 Å². The molecule has 1 amide bonds. The maximum Gasteiger partial charge on any atom is 0.573 e. The van der Waals surface area contributed by atoms with Crippen LogP contribution in [0.15, 0.2) is 18.2 Å². The number of ether oxygens (including phenoxy) is 3. The Labute approximate surface area is 169 Å². The third-order valence-corrected chi connectivity index (χ3v) is 4.66. The number of esters is 1. The zero-order chi connectivity index (χ0) is 22.5. The van der Waals surface area contributed by atoms with Crippen LogP contribution in [0.25, 0.3) is 0 Å². The minimum Gasteiger partial charge on any atom is -0.466 e. The summed E-state index contributed by atoms with van der Waals surface area (Å²) < 4.78 is 64.8. The number of benzene rings is 1. The lowest BCUT2D eigenvalue weighted by Gasteiger charge is -2.38. The number of carbonyl (C=O) groups is 3. The van der Waals surface area contributed by atoms with Crippen molar-refractivity contribution >= 4 is 17.8 Å². The van der Waals surface area contributed by atoms with Gasteiger partial charge in [0.1, 0.15) is 23.8 Å². The van der Waals surface area contributed by atoms with Crippen molar-refractivity contribution in [3.8, 4) is 5.75 Å². The number of methoxy groups -OCH3 is 1. The van der Waals surface area contributed by atoms with Crippen molar-refractivity contribution in [1.82, 2.24) is 4.90 Å². The topological polar surface area (TPSA) is 82.1 Å². The fourth-order valence-corrected chi connectivity index (χ4v) is 3.36. The molecule has 7 nitrogen and oxygen atoms in total. The summed E-state index contributed by atoms with van der Waals surface area (Å²) in [6.07, 6.45) is -6.01. The van der Waals surface area contributed by atoms with E-state index in [1.54, 1.807) is 6.92 Å². The van der Waals surface area contributed by atoms with Crippen LogP contribution in [0.2, 0.25) is 0 Å². The molecule has 0 spiro atoms. The normalized spacial score (nSPS) is 19.2. The summed E-state index contributed by atoms with van der Waals surface area (Å²) in [7, 11) is 1.13. The summed E-state index contributed by atoms with van der Waals surface area (Å²) in [6.45, 7) is 1.76. The number of hydrogen-bond donors (Lipinski definition) is 0. The first-order chi connectivity index (χ1) is 14.1. The number of amides is 1. The van der Waals surface area contributed by atoms with Crippen molar-refractivity contribution < 1.29 is 46.2 Å². The van der Waals surface area contributed by atoms with Crippen LogP contribution in [0, 0.1) is 11.7 Å². The predicted molar refractivity (Wildman–Crippen MR) is 93.9 cm³/mol. The van der Waals surface area contributed by atoms with E-state index in [-0.39, 0.29) is 31.6 Å². The summed E-state index contributed by atoms with van der Waals surface area (Å²) in [5, 5.41) is 0. The zero-order valence-electron chi connectivity index (χ0n) is 16.3. The number of ketones is 1. The molecular formula is C19H21F4NO6. The average Bonchev–Trinajstić information content (AvgIpc) is 2.66. The quantitative estimate of drug-likeness (QED) is 0.384. The molecule has 1 aliphatic heterocycles. The van der Waals surface area contributed by atoms with Gasteiger partial charge in [-0.15, -0.1) is 13.2 Å². The Morgan fingerprint density at radius 1 is 1.23 bits per heavy atom. The maximum atomic E-state index is 14.6. The Hall–Kier alpha value is -2.85. The van der Waals surface area contributed by atoms with Gasteiger partial charge >= 0.3 is 18.4 Å². The van der Waals surface area contributed by atoms with Gasteiger partial charge in [0.2, 0.25) is 0 Å². The Kier molecular flexibility index (Phi) is 7.63. The molecule has 1 saturated heterocycles. The van der Waals surface area contributed by atoms with Gasteiger partial charge in [-0.1, -0.05) is 6.07 Å². The van der Waals surface area contributed by atoms with Crippen LogP contribution in [-0.4, -0.2) is 49.4 Å². The van der Waals surface area contributed by atoms with E-state index in [0.29, 0.717) is 6.07 Å². The standard InChI is InChI=1S/C19H21F4NO6/c1-3-29-17(26)10-16(25)11-6-7-24(18(27)28-2)15(8-11)13-5-4-12(9-14(13)20)30-19(21,22)23/h4-5,9,11,15H,3,6-8,10H2,1-2H3/t11-,15-/m1/s1. The van der Waals surface area contributed by atoms with Crippen molar-refractivity contribution in [1.29, 1.82) is 0 Å². The second-order valence-electron chi connectivity index (χ2n) is 6.58. The van der Waals surface area contributed by atoms with E-state index in [1.807, 2.05) is 0 Å². The Morgan fingerprint density at radius 2 is 1.93 bits per heavy atom. The first kappa shape index (κ1) is 23.4. The number of nitrogens with zero attached hydrogens (tertiary/aromatic N) is 1. The zero-order valence-corrected chi connectivity index (χ0v) is 16.3. The Morgan fingerprint density at radius 3 is 2.50 bits per heavy atom. The molecule has 0 radical (unpaired) electrons. The van der Waals surface area contributed by atoms with Gasteiger partial charge in [-0.2, -0.15) is 0 Å². The molecule has 1 heterocycles. The van der Waals surface area contributed by atoms with Crippen LogP contribution in [0.4, 0.5) is 22.4 Å².